The van der Waals surface area contributed by atoms with Gasteiger partial charge in [-0.1, -0.05) is 48.5 Å². The number of aliphatic carboxylic acids is 1. The van der Waals surface area contributed by atoms with Gasteiger partial charge < -0.3 is 15.0 Å². The molecular weight excluding hydrogens is 332 g/mol. The fourth-order valence-electron chi connectivity index (χ4n) is 2.95. The minimum Gasteiger partial charge on any atom is -0.479 e. The van der Waals surface area contributed by atoms with Crippen LogP contribution < -0.4 is 5.32 Å². The van der Waals surface area contributed by atoms with Gasteiger partial charge in [0, 0.05) is 22.7 Å². The van der Waals surface area contributed by atoms with Crippen molar-refractivity contribution < 1.29 is 19.5 Å². The zero-order valence-electron chi connectivity index (χ0n) is 14.2. The molecule has 0 bridgehead atoms. The number of carboxylic acids is 1. The summed E-state index contributed by atoms with van der Waals surface area (Å²) in [6.07, 6.45) is 1.63. The normalized spacial score (nSPS) is 11.9. The molecule has 0 saturated heterocycles. The third-order valence-corrected chi connectivity index (χ3v) is 4.17. The Hall–Kier alpha value is -3.41. The van der Waals surface area contributed by atoms with Crippen LogP contribution in [-0.4, -0.2) is 27.3 Å². The second kappa shape index (κ2) is 7.23. The summed E-state index contributed by atoms with van der Waals surface area (Å²) in [4.78, 5) is 35.8. The fraction of sp³-hybridized carbons (Fsp3) is 0.150. The molecular formula is C20H18N2O4. The SMILES string of the molecule is CC(=O)c1cn(CC(=O)N[C@@H](C(=O)O)c2ccccc2)c2ccccc12. The molecule has 2 N–H and O–H groups in total. The van der Waals surface area contributed by atoms with Crippen LogP contribution in [0.1, 0.15) is 28.9 Å². The highest BCUT2D eigenvalue weighted by molar-refractivity contribution is 6.07. The highest BCUT2D eigenvalue weighted by Gasteiger charge is 2.22. The number of aromatic nitrogens is 1. The van der Waals surface area contributed by atoms with E-state index in [1.807, 2.05) is 24.3 Å². The molecule has 1 heterocycles. The summed E-state index contributed by atoms with van der Waals surface area (Å²) in [5.74, 6) is -1.67. The van der Waals surface area contributed by atoms with Crippen LogP contribution in [0.4, 0.5) is 0 Å². The van der Waals surface area contributed by atoms with Crippen LogP contribution in [0, 0.1) is 0 Å². The molecule has 0 aliphatic rings. The topological polar surface area (TPSA) is 88.4 Å². The number of ketones is 1. The molecule has 1 atom stereocenters. The number of carbonyl (C=O) groups excluding carboxylic acids is 2. The molecule has 3 rings (SSSR count). The van der Waals surface area contributed by atoms with Crippen LogP contribution in [0.2, 0.25) is 0 Å². The van der Waals surface area contributed by atoms with Gasteiger partial charge in [0.1, 0.15) is 6.54 Å². The summed E-state index contributed by atoms with van der Waals surface area (Å²) < 4.78 is 1.66. The maximum Gasteiger partial charge on any atom is 0.330 e. The molecule has 26 heavy (non-hydrogen) atoms. The molecule has 6 heteroatoms. The quantitative estimate of drug-likeness (QED) is 0.669. The number of carbonyl (C=O) groups is 3. The smallest absolute Gasteiger partial charge is 0.330 e. The predicted molar refractivity (Wildman–Crippen MR) is 96.9 cm³/mol. The Labute approximate surface area is 150 Å². The molecule has 0 aliphatic heterocycles. The van der Waals surface area contributed by atoms with E-state index in [4.69, 9.17) is 0 Å². The monoisotopic (exact) mass is 350 g/mol. The Morgan fingerprint density at radius 3 is 2.35 bits per heavy atom. The molecule has 0 spiro atoms. The standard InChI is InChI=1S/C20H18N2O4/c1-13(23)16-11-22(17-10-6-5-9-15(16)17)12-18(24)21-19(20(25)26)14-7-3-2-4-8-14/h2-11,19H,12H2,1H3,(H,21,24)(H,25,26)/t19-/m1/s1. The Morgan fingerprint density at radius 2 is 1.69 bits per heavy atom. The Bertz CT molecular complexity index is 976. The van der Waals surface area contributed by atoms with Crippen LogP contribution in [0.5, 0.6) is 0 Å². The van der Waals surface area contributed by atoms with E-state index in [0.29, 0.717) is 11.1 Å². The number of fused-ring (bicyclic) bond motifs is 1. The van der Waals surface area contributed by atoms with Crippen LogP contribution >= 0.6 is 0 Å². The first-order valence-corrected chi connectivity index (χ1v) is 8.13. The van der Waals surface area contributed by atoms with E-state index in [1.54, 1.807) is 41.1 Å². The number of Topliss-reactive ketones (excluding diaryl/α,β-unsaturated/α-hetero) is 1. The second-order valence-corrected chi connectivity index (χ2v) is 5.99. The second-order valence-electron chi connectivity index (χ2n) is 5.99. The molecule has 0 fully saturated rings. The summed E-state index contributed by atoms with van der Waals surface area (Å²) in [6, 6.07) is 14.7. The van der Waals surface area contributed by atoms with Crippen molar-refractivity contribution in [1.82, 2.24) is 9.88 Å². The number of nitrogens with zero attached hydrogens (tertiary/aromatic N) is 1. The maximum absolute atomic E-state index is 12.4. The zero-order chi connectivity index (χ0) is 18.7. The van der Waals surface area contributed by atoms with E-state index in [2.05, 4.69) is 5.32 Å². The van der Waals surface area contributed by atoms with Crippen LogP contribution in [-0.2, 0) is 16.1 Å². The number of hydrogen-bond donors (Lipinski definition) is 2. The number of hydrogen-bond acceptors (Lipinski definition) is 3. The Kier molecular flexibility index (Phi) is 4.84. The van der Waals surface area contributed by atoms with Gasteiger partial charge in [-0.3, -0.25) is 9.59 Å². The van der Waals surface area contributed by atoms with Crippen molar-refractivity contribution in [3.8, 4) is 0 Å². The van der Waals surface area contributed by atoms with Gasteiger partial charge in [0.2, 0.25) is 5.91 Å². The van der Waals surface area contributed by atoms with Crippen molar-refractivity contribution in [2.75, 3.05) is 0 Å². The number of para-hydroxylation sites is 1. The summed E-state index contributed by atoms with van der Waals surface area (Å²) >= 11 is 0. The number of carboxylic acid groups (broad SMARTS) is 1. The van der Waals surface area contributed by atoms with Crippen molar-refractivity contribution in [2.24, 2.45) is 0 Å². The van der Waals surface area contributed by atoms with Crippen molar-refractivity contribution >= 4 is 28.6 Å². The van der Waals surface area contributed by atoms with E-state index < -0.39 is 17.9 Å². The lowest BCUT2D eigenvalue weighted by atomic mass is 10.1. The van der Waals surface area contributed by atoms with Crippen molar-refractivity contribution in [2.45, 2.75) is 19.5 Å². The molecule has 1 aromatic heterocycles. The van der Waals surface area contributed by atoms with Crippen molar-refractivity contribution in [1.29, 1.82) is 0 Å². The lowest BCUT2D eigenvalue weighted by Crippen LogP contribution is -2.35. The van der Waals surface area contributed by atoms with Crippen molar-refractivity contribution in [3.05, 3.63) is 71.9 Å². The van der Waals surface area contributed by atoms with Crippen LogP contribution in [0.25, 0.3) is 10.9 Å². The first-order valence-electron chi connectivity index (χ1n) is 8.13. The number of amides is 1. The Morgan fingerprint density at radius 1 is 1.04 bits per heavy atom. The first-order chi connectivity index (χ1) is 12.5. The summed E-state index contributed by atoms with van der Waals surface area (Å²) in [5.41, 5.74) is 1.78. The molecule has 0 radical (unpaired) electrons. The number of nitrogens with one attached hydrogen (secondary N) is 1. The van der Waals surface area contributed by atoms with Gasteiger partial charge in [-0.05, 0) is 18.6 Å². The zero-order valence-corrected chi connectivity index (χ0v) is 14.2. The molecule has 0 unspecified atom stereocenters. The molecule has 1 amide bonds. The van der Waals surface area contributed by atoms with Gasteiger partial charge in [-0.15, -0.1) is 0 Å². The number of benzene rings is 2. The maximum atomic E-state index is 12.4. The molecule has 2 aromatic carbocycles. The average Bonchev–Trinajstić information content (AvgIpc) is 2.99. The molecule has 6 nitrogen and oxygen atoms in total. The fourth-order valence-corrected chi connectivity index (χ4v) is 2.95. The van der Waals surface area contributed by atoms with Gasteiger partial charge in [0.15, 0.2) is 11.8 Å². The first kappa shape index (κ1) is 17.4. The lowest BCUT2D eigenvalue weighted by molar-refractivity contribution is -0.142. The van der Waals surface area contributed by atoms with Crippen molar-refractivity contribution in [3.63, 3.8) is 0 Å². The Balaban J connectivity index is 1.85. The highest BCUT2D eigenvalue weighted by atomic mass is 16.4. The largest absolute Gasteiger partial charge is 0.479 e. The van der Waals surface area contributed by atoms with Gasteiger partial charge >= 0.3 is 5.97 Å². The van der Waals surface area contributed by atoms with E-state index >= 15 is 0 Å². The van der Waals surface area contributed by atoms with E-state index in [1.165, 1.54) is 6.92 Å². The molecule has 132 valence electrons. The summed E-state index contributed by atoms with van der Waals surface area (Å²) in [7, 11) is 0. The molecule has 3 aromatic rings. The van der Waals surface area contributed by atoms with E-state index in [-0.39, 0.29) is 12.3 Å². The van der Waals surface area contributed by atoms with Gasteiger partial charge in [-0.2, -0.15) is 0 Å². The summed E-state index contributed by atoms with van der Waals surface area (Å²) in [6.45, 7) is 1.40. The lowest BCUT2D eigenvalue weighted by Gasteiger charge is -2.15. The third kappa shape index (κ3) is 3.49. The minimum atomic E-state index is -1.13. The van der Waals surface area contributed by atoms with Crippen LogP contribution in [0.3, 0.4) is 0 Å². The van der Waals surface area contributed by atoms with Gasteiger partial charge in [0.25, 0.3) is 0 Å². The average molecular weight is 350 g/mol. The summed E-state index contributed by atoms with van der Waals surface area (Å²) in [5, 5.41) is 12.7. The molecule has 0 saturated carbocycles. The third-order valence-electron chi connectivity index (χ3n) is 4.17. The van der Waals surface area contributed by atoms with Gasteiger partial charge in [-0.25, -0.2) is 4.79 Å². The number of rotatable bonds is 6. The van der Waals surface area contributed by atoms with Crippen LogP contribution in [0.15, 0.2) is 60.8 Å². The molecule has 0 aliphatic carbocycles. The van der Waals surface area contributed by atoms with Gasteiger partial charge in [0.05, 0.1) is 0 Å². The predicted octanol–water partition coefficient (Wildman–Crippen LogP) is 2.79. The highest BCUT2D eigenvalue weighted by Crippen LogP contribution is 2.22. The minimum absolute atomic E-state index is 0.0790. The van der Waals surface area contributed by atoms with E-state index in [9.17, 15) is 19.5 Å². The van der Waals surface area contributed by atoms with E-state index in [0.717, 1.165) is 10.9 Å².